The largest absolute Gasteiger partial charge is 0.467 e. The third-order valence-corrected chi connectivity index (χ3v) is 3.62. The number of rotatable bonds is 3. The monoisotopic (exact) mass is 311 g/mol. The number of urea groups is 1. The van der Waals surface area contributed by atoms with Crippen LogP contribution in [0.15, 0.2) is 58.3 Å². The van der Waals surface area contributed by atoms with Crippen molar-refractivity contribution in [2.75, 3.05) is 5.32 Å². The number of hydrogen-bond donors (Lipinski definition) is 3. The molecule has 3 rings (SSSR count). The summed E-state index contributed by atoms with van der Waals surface area (Å²) >= 11 is 0. The van der Waals surface area contributed by atoms with E-state index < -0.39 is 6.04 Å². The molecule has 6 heteroatoms. The van der Waals surface area contributed by atoms with Gasteiger partial charge in [-0.25, -0.2) is 4.79 Å². The molecule has 3 amide bonds. The number of benzene rings is 1. The number of anilines is 1. The van der Waals surface area contributed by atoms with Crippen LogP contribution in [0.3, 0.4) is 0 Å². The van der Waals surface area contributed by atoms with E-state index in [2.05, 4.69) is 16.0 Å². The Labute approximate surface area is 133 Å². The Balaban J connectivity index is 1.92. The second-order valence-electron chi connectivity index (χ2n) is 5.41. The van der Waals surface area contributed by atoms with Gasteiger partial charge in [0.25, 0.3) is 5.91 Å². The smallest absolute Gasteiger partial charge is 0.319 e. The van der Waals surface area contributed by atoms with E-state index in [1.54, 1.807) is 19.1 Å². The lowest BCUT2D eigenvalue weighted by Crippen LogP contribution is -2.45. The van der Waals surface area contributed by atoms with E-state index in [9.17, 15) is 9.59 Å². The number of carbonyl (C=O) groups is 2. The molecule has 1 aromatic heterocycles. The Morgan fingerprint density at radius 2 is 2.04 bits per heavy atom. The standard InChI is InChI=1S/C17H17N3O3/c1-10-5-3-6-12(9-10)19-16(21)14-11(2)18-17(22)20-15(14)13-7-4-8-23-13/h3-9,15H,1-2H3,(H,19,21)(H2,18,20,22). The van der Waals surface area contributed by atoms with E-state index in [0.29, 0.717) is 22.7 Å². The minimum absolute atomic E-state index is 0.290. The summed E-state index contributed by atoms with van der Waals surface area (Å²) in [7, 11) is 0. The summed E-state index contributed by atoms with van der Waals surface area (Å²) in [5, 5.41) is 8.20. The molecule has 1 aliphatic rings. The number of aryl methyl sites for hydroxylation is 1. The molecule has 0 saturated heterocycles. The first-order valence-electron chi connectivity index (χ1n) is 7.24. The third-order valence-electron chi connectivity index (χ3n) is 3.62. The molecule has 0 aliphatic carbocycles. The van der Waals surface area contributed by atoms with Crippen LogP contribution in [0.4, 0.5) is 10.5 Å². The summed E-state index contributed by atoms with van der Waals surface area (Å²) < 4.78 is 5.36. The van der Waals surface area contributed by atoms with Gasteiger partial charge in [0.05, 0.1) is 11.8 Å². The van der Waals surface area contributed by atoms with Crippen molar-refractivity contribution < 1.29 is 14.0 Å². The zero-order chi connectivity index (χ0) is 16.4. The first kappa shape index (κ1) is 14.9. The van der Waals surface area contributed by atoms with Gasteiger partial charge in [-0.1, -0.05) is 12.1 Å². The zero-order valence-electron chi connectivity index (χ0n) is 12.8. The van der Waals surface area contributed by atoms with Crippen molar-refractivity contribution >= 4 is 17.6 Å². The van der Waals surface area contributed by atoms with Crippen LogP contribution >= 0.6 is 0 Å². The number of furan rings is 1. The highest BCUT2D eigenvalue weighted by molar-refractivity contribution is 6.06. The van der Waals surface area contributed by atoms with Crippen LogP contribution in [-0.4, -0.2) is 11.9 Å². The highest BCUT2D eigenvalue weighted by atomic mass is 16.3. The van der Waals surface area contributed by atoms with E-state index in [4.69, 9.17) is 4.42 Å². The maximum Gasteiger partial charge on any atom is 0.319 e. The Bertz CT molecular complexity index is 778. The van der Waals surface area contributed by atoms with Gasteiger partial charge in [-0.3, -0.25) is 4.79 Å². The molecule has 1 unspecified atom stereocenters. The molecule has 23 heavy (non-hydrogen) atoms. The van der Waals surface area contributed by atoms with Crippen LogP contribution in [0.2, 0.25) is 0 Å². The third kappa shape index (κ3) is 3.11. The van der Waals surface area contributed by atoms with Gasteiger partial charge in [-0.2, -0.15) is 0 Å². The fourth-order valence-corrected chi connectivity index (χ4v) is 2.59. The summed E-state index contributed by atoms with van der Waals surface area (Å²) in [5.41, 5.74) is 2.66. The molecule has 3 N–H and O–H groups in total. The molecule has 1 aromatic carbocycles. The minimum atomic E-state index is -0.622. The van der Waals surface area contributed by atoms with E-state index in [1.807, 2.05) is 31.2 Å². The molecule has 1 aliphatic heterocycles. The van der Waals surface area contributed by atoms with Crippen molar-refractivity contribution in [3.8, 4) is 0 Å². The van der Waals surface area contributed by atoms with Gasteiger partial charge >= 0.3 is 6.03 Å². The van der Waals surface area contributed by atoms with Crippen molar-refractivity contribution in [1.29, 1.82) is 0 Å². The van der Waals surface area contributed by atoms with Crippen molar-refractivity contribution in [3.63, 3.8) is 0 Å². The normalized spacial score (nSPS) is 17.5. The van der Waals surface area contributed by atoms with E-state index in [0.717, 1.165) is 5.56 Å². The van der Waals surface area contributed by atoms with Crippen LogP contribution < -0.4 is 16.0 Å². The quantitative estimate of drug-likeness (QED) is 0.815. The van der Waals surface area contributed by atoms with E-state index in [1.165, 1.54) is 6.26 Å². The van der Waals surface area contributed by atoms with Gasteiger partial charge in [0.1, 0.15) is 11.8 Å². The molecular weight excluding hydrogens is 294 g/mol. The van der Waals surface area contributed by atoms with Crippen molar-refractivity contribution in [2.24, 2.45) is 0 Å². The highest BCUT2D eigenvalue weighted by Gasteiger charge is 2.32. The average Bonchev–Trinajstić information content (AvgIpc) is 3.00. The lowest BCUT2D eigenvalue weighted by molar-refractivity contribution is -0.113. The summed E-state index contributed by atoms with van der Waals surface area (Å²) in [5.74, 6) is 0.218. The topological polar surface area (TPSA) is 83.4 Å². The molecule has 0 spiro atoms. The second-order valence-corrected chi connectivity index (χ2v) is 5.41. The molecule has 2 heterocycles. The average molecular weight is 311 g/mol. The Hall–Kier alpha value is -3.02. The fourth-order valence-electron chi connectivity index (χ4n) is 2.59. The summed E-state index contributed by atoms with van der Waals surface area (Å²) in [6, 6.07) is 9.98. The number of amides is 3. The lowest BCUT2D eigenvalue weighted by atomic mass is 9.99. The predicted octanol–water partition coefficient (Wildman–Crippen LogP) is 2.85. The highest BCUT2D eigenvalue weighted by Crippen LogP contribution is 2.28. The van der Waals surface area contributed by atoms with Crippen molar-refractivity contribution in [2.45, 2.75) is 19.9 Å². The number of hydrogen-bond acceptors (Lipinski definition) is 3. The Kier molecular flexibility index (Phi) is 3.89. The van der Waals surface area contributed by atoms with E-state index in [-0.39, 0.29) is 11.9 Å². The lowest BCUT2D eigenvalue weighted by Gasteiger charge is -2.27. The van der Waals surface area contributed by atoms with Crippen LogP contribution in [0.1, 0.15) is 24.3 Å². The maximum absolute atomic E-state index is 12.7. The number of nitrogens with one attached hydrogen (secondary N) is 3. The fraction of sp³-hybridized carbons (Fsp3) is 0.176. The van der Waals surface area contributed by atoms with Crippen LogP contribution in [-0.2, 0) is 4.79 Å². The molecule has 0 bridgehead atoms. The molecular formula is C17H17N3O3. The maximum atomic E-state index is 12.7. The van der Waals surface area contributed by atoms with Crippen molar-refractivity contribution in [1.82, 2.24) is 10.6 Å². The van der Waals surface area contributed by atoms with Crippen molar-refractivity contribution in [3.05, 3.63) is 65.3 Å². The van der Waals surface area contributed by atoms with Gasteiger partial charge in [0.2, 0.25) is 0 Å². The van der Waals surface area contributed by atoms with Gasteiger partial charge < -0.3 is 20.4 Å². The van der Waals surface area contributed by atoms with E-state index >= 15 is 0 Å². The molecule has 118 valence electrons. The second kappa shape index (κ2) is 6.00. The molecule has 2 aromatic rings. The molecule has 0 saturated carbocycles. The molecule has 6 nitrogen and oxygen atoms in total. The first-order valence-corrected chi connectivity index (χ1v) is 7.24. The molecule has 0 fully saturated rings. The molecule has 0 radical (unpaired) electrons. The predicted molar refractivity (Wildman–Crippen MR) is 85.6 cm³/mol. The van der Waals surface area contributed by atoms with Gasteiger partial charge in [-0.15, -0.1) is 0 Å². The summed E-state index contributed by atoms with van der Waals surface area (Å²) in [4.78, 5) is 24.4. The number of carbonyl (C=O) groups excluding carboxylic acids is 2. The Morgan fingerprint density at radius 3 is 2.74 bits per heavy atom. The zero-order valence-corrected chi connectivity index (χ0v) is 12.8. The van der Waals surface area contributed by atoms with Gasteiger partial charge in [-0.05, 0) is 43.7 Å². The van der Waals surface area contributed by atoms with Crippen LogP contribution in [0, 0.1) is 6.92 Å². The van der Waals surface area contributed by atoms with Crippen LogP contribution in [0.5, 0.6) is 0 Å². The molecule has 1 atom stereocenters. The van der Waals surface area contributed by atoms with Gasteiger partial charge in [0, 0.05) is 11.4 Å². The summed E-state index contributed by atoms with van der Waals surface area (Å²) in [6.45, 7) is 3.65. The SMILES string of the molecule is CC1=C(C(=O)Nc2cccc(C)c2)C(c2ccco2)NC(=O)N1. The Morgan fingerprint density at radius 1 is 1.22 bits per heavy atom. The number of allylic oxidation sites excluding steroid dienone is 1. The summed E-state index contributed by atoms with van der Waals surface area (Å²) in [6.07, 6.45) is 1.51. The van der Waals surface area contributed by atoms with Gasteiger partial charge in [0.15, 0.2) is 0 Å². The minimum Gasteiger partial charge on any atom is -0.467 e. The first-order chi connectivity index (χ1) is 11.0. The van der Waals surface area contributed by atoms with Crippen LogP contribution in [0.25, 0.3) is 0 Å².